The summed E-state index contributed by atoms with van der Waals surface area (Å²) >= 11 is 0. The minimum Gasteiger partial charge on any atom is -0.375 e. The lowest BCUT2D eigenvalue weighted by Crippen LogP contribution is -2.36. The molecule has 1 aliphatic heterocycles. The van der Waals surface area contributed by atoms with Gasteiger partial charge < -0.3 is 9.64 Å². The van der Waals surface area contributed by atoms with Gasteiger partial charge in [-0.25, -0.2) is 0 Å². The third-order valence-electron chi connectivity index (χ3n) is 2.37. The van der Waals surface area contributed by atoms with E-state index in [1.54, 1.807) is 7.11 Å². The molecule has 3 heteroatoms. The normalized spacial score (nSPS) is 29.4. The Kier molecular flexibility index (Phi) is 3.09. The molecule has 3 nitrogen and oxygen atoms in total. The summed E-state index contributed by atoms with van der Waals surface area (Å²) in [7, 11) is 1.56. The molecule has 1 fully saturated rings. The number of carbonyl (C=O) groups excluding carboxylic acids is 1. The van der Waals surface area contributed by atoms with Crippen LogP contribution in [0.5, 0.6) is 0 Å². The second kappa shape index (κ2) is 3.90. The van der Waals surface area contributed by atoms with Gasteiger partial charge in [-0.1, -0.05) is 6.92 Å². The molecule has 70 valence electrons. The predicted molar refractivity (Wildman–Crippen MR) is 46.8 cm³/mol. The van der Waals surface area contributed by atoms with Gasteiger partial charge in [0.15, 0.2) is 0 Å². The first-order chi connectivity index (χ1) is 5.65. The van der Waals surface area contributed by atoms with Gasteiger partial charge in [-0.2, -0.15) is 0 Å². The van der Waals surface area contributed by atoms with Crippen LogP contribution in [0.25, 0.3) is 0 Å². The number of ether oxygens (including phenoxy) is 1. The van der Waals surface area contributed by atoms with Crippen molar-refractivity contribution in [3.8, 4) is 0 Å². The van der Waals surface area contributed by atoms with Gasteiger partial charge in [-0.3, -0.25) is 4.79 Å². The molecule has 0 N–H and O–H groups in total. The van der Waals surface area contributed by atoms with E-state index < -0.39 is 0 Å². The Bertz CT molecular complexity index is 170. The molecule has 2 unspecified atom stereocenters. The summed E-state index contributed by atoms with van der Waals surface area (Å²) in [5.74, 6) is 0.759. The fraction of sp³-hybridized carbons (Fsp3) is 0.889. The zero-order valence-corrected chi connectivity index (χ0v) is 8.04. The van der Waals surface area contributed by atoms with E-state index in [2.05, 4.69) is 13.8 Å². The average molecular weight is 171 g/mol. The monoisotopic (exact) mass is 171 g/mol. The van der Waals surface area contributed by atoms with Gasteiger partial charge in [-0.15, -0.1) is 0 Å². The van der Waals surface area contributed by atoms with Crippen LogP contribution in [0, 0.1) is 5.92 Å². The van der Waals surface area contributed by atoms with Gasteiger partial charge in [-0.05, 0) is 19.3 Å². The van der Waals surface area contributed by atoms with Crippen LogP contribution in [0.2, 0.25) is 0 Å². The van der Waals surface area contributed by atoms with Gasteiger partial charge in [0.25, 0.3) is 0 Å². The Hall–Kier alpha value is -0.570. The molecule has 1 rings (SSSR count). The summed E-state index contributed by atoms with van der Waals surface area (Å²) < 4.78 is 4.81. The number of likely N-dealkylation sites (tertiary alicyclic amines) is 1. The molecule has 1 saturated heterocycles. The van der Waals surface area contributed by atoms with E-state index in [0.29, 0.717) is 12.0 Å². The lowest BCUT2D eigenvalue weighted by atomic mass is 10.1. The second-order valence-electron chi connectivity index (χ2n) is 3.67. The van der Waals surface area contributed by atoms with Crippen LogP contribution in [0.4, 0.5) is 0 Å². The van der Waals surface area contributed by atoms with Crippen LogP contribution in [0.3, 0.4) is 0 Å². The molecule has 0 radical (unpaired) electrons. The van der Waals surface area contributed by atoms with E-state index in [1.165, 1.54) is 0 Å². The van der Waals surface area contributed by atoms with Crippen molar-refractivity contribution in [2.24, 2.45) is 5.92 Å². The molecular formula is C9H17NO2. The smallest absolute Gasteiger partial charge is 0.248 e. The van der Waals surface area contributed by atoms with E-state index in [9.17, 15) is 4.79 Å². The first-order valence-electron chi connectivity index (χ1n) is 4.43. The third-order valence-corrected chi connectivity index (χ3v) is 2.37. The number of methoxy groups -OCH3 is 1. The Morgan fingerprint density at radius 1 is 1.58 bits per heavy atom. The van der Waals surface area contributed by atoms with Crippen LogP contribution in [0.15, 0.2) is 0 Å². The van der Waals surface area contributed by atoms with Crippen LogP contribution in [-0.4, -0.2) is 37.1 Å². The summed E-state index contributed by atoms with van der Waals surface area (Å²) in [6.07, 6.45) is 1.12. The zero-order chi connectivity index (χ0) is 9.14. The van der Waals surface area contributed by atoms with Crippen LogP contribution < -0.4 is 0 Å². The first-order valence-corrected chi connectivity index (χ1v) is 4.43. The fourth-order valence-electron chi connectivity index (χ4n) is 1.85. The van der Waals surface area contributed by atoms with Crippen molar-refractivity contribution in [2.75, 3.05) is 20.3 Å². The highest BCUT2D eigenvalue weighted by molar-refractivity contribution is 5.78. The molecule has 0 aromatic carbocycles. The first kappa shape index (κ1) is 9.52. The molecular weight excluding hydrogens is 154 g/mol. The Balaban J connectivity index is 2.46. The molecule has 2 atom stereocenters. The molecule has 1 aliphatic rings. The molecule has 12 heavy (non-hydrogen) atoms. The van der Waals surface area contributed by atoms with Crippen LogP contribution in [0.1, 0.15) is 20.3 Å². The van der Waals surface area contributed by atoms with Gasteiger partial charge in [0.05, 0.1) is 0 Å². The van der Waals surface area contributed by atoms with Gasteiger partial charge >= 0.3 is 0 Å². The molecule has 0 spiro atoms. The van der Waals surface area contributed by atoms with Crippen molar-refractivity contribution < 1.29 is 9.53 Å². The van der Waals surface area contributed by atoms with Gasteiger partial charge in [0.2, 0.25) is 5.91 Å². The van der Waals surface area contributed by atoms with Crippen molar-refractivity contribution in [3.05, 3.63) is 0 Å². The Morgan fingerprint density at radius 3 is 2.67 bits per heavy atom. The van der Waals surface area contributed by atoms with E-state index >= 15 is 0 Å². The SMILES string of the molecule is COCC(=O)N1CC(C)CC1C. The molecule has 0 aromatic heterocycles. The molecule has 0 bridgehead atoms. The van der Waals surface area contributed by atoms with Crippen molar-refractivity contribution >= 4 is 5.91 Å². The molecule has 1 amide bonds. The number of hydrogen-bond donors (Lipinski definition) is 0. The van der Waals surface area contributed by atoms with E-state index in [0.717, 1.165) is 13.0 Å². The predicted octanol–water partition coefficient (Wildman–Crippen LogP) is 0.890. The maximum atomic E-state index is 11.4. The molecule has 0 saturated carbocycles. The summed E-state index contributed by atoms with van der Waals surface area (Å²) in [6.45, 7) is 5.38. The minimum atomic E-state index is 0.120. The molecule has 1 heterocycles. The quantitative estimate of drug-likeness (QED) is 0.617. The highest BCUT2D eigenvalue weighted by Gasteiger charge is 2.29. The number of nitrogens with zero attached hydrogens (tertiary/aromatic N) is 1. The van der Waals surface area contributed by atoms with Crippen molar-refractivity contribution in [1.29, 1.82) is 0 Å². The van der Waals surface area contributed by atoms with Gasteiger partial charge in [0, 0.05) is 19.7 Å². The average Bonchev–Trinajstić information content (AvgIpc) is 2.30. The summed E-state index contributed by atoms with van der Waals surface area (Å²) in [6, 6.07) is 0.391. The fourth-order valence-corrected chi connectivity index (χ4v) is 1.85. The van der Waals surface area contributed by atoms with Crippen LogP contribution >= 0.6 is 0 Å². The summed E-state index contributed by atoms with van der Waals surface area (Å²) in [4.78, 5) is 13.3. The molecule has 0 aliphatic carbocycles. The third kappa shape index (κ3) is 1.97. The second-order valence-corrected chi connectivity index (χ2v) is 3.67. The maximum absolute atomic E-state index is 11.4. The highest BCUT2D eigenvalue weighted by Crippen LogP contribution is 2.21. The maximum Gasteiger partial charge on any atom is 0.248 e. The van der Waals surface area contributed by atoms with E-state index in [-0.39, 0.29) is 12.5 Å². The van der Waals surface area contributed by atoms with E-state index in [1.807, 2.05) is 4.90 Å². The number of rotatable bonds is 2. The number of carbonyl (C=O) groups is 1. The minimum absolute atomic E-state index is 0.120. The zero-order valence-electron chi connectivity index (χ0n) is 8.04. The lowest BCUT2D eigenvalue weighted by molar-refractivity contribution is -0.135. The van der Waals surface area contributed by atoms with Crippen molar-refractivity contribution in [3.63, 3.8) is 0 Å². The standard InChI is InChI=1S/C9H17NO2/c1-7-4-8(2)10(5-7)9(11)6-12-3/h7-8H,4-6H2,1-3H3. The number of hydrogen-bond acceptors (Lipinski definition) is 2. The number of amides is 1. The van der Waals surface area contributed by atoms with Crippen molar-refractivity contribution in [1.82, 2.24) is 4.90 Å². The summed E-state index contributed by atoms with van der Waals surface area (Å²) in [5, 5.41) is 0. The van der Waals surface area contributed by atoms with Crippen LogP contribution in [-0.2, 0) is 9.53 Å². The van der Waals surface area contributed by atoms with Gasteiger partial charge in [0.1, 0.15) is 6.61 Å². The Morgan fingerprint density at radius 2 is 2.25 bits per heavy atom. The highest BCUT2D eigenvalue weighted by atomic mass is 16.5. The summed E-state index contributed by atoms with van der Waals surface area (Å²) in [5.41, 5.74) is 0. The van der Waals surface area contributed by atoms with Crippen molar-refractivity contribution in [2.45, 2.75) is 26.3 Å². The molecule has 0 aromatic rings. The van der Waals surface area contributed by atoms with E-state index in [4.69, 9.17) is 4.74 Å². The topological polar surface area (TPSA) is 29.5 Å². The Labute approximate surface area is 73.7 Å². The lowest BCUT2D eigenvalue weighted by Gasteiger charge is -2.20. The largest absolute Gasteiger partial charge is 0.375 e.